The van der Waals surface area contributed by atoms with Crippen molar-refractivity contribution in [2.45, 2.75) is 4.90 Å². The van der Waals surface area contributed by atoms with Crippen LogP contribution in [0.1, 0.15) is 0 Å². The maximum absolute atomic E-state index is 11.7. The topological polar surface area (TPSA) is 47.0 Å². The van der Waals surface area contributed by atoms with E-state index in [-0.39, 0.29) is 9.92 Å². The molecule has 0 amide bonds. The molecule has 0 unspecified atom stereocenters. The van der Waals surface area contributed by atoms with Crippen molar-refractivity contribution in [1.29, 1.82) is 0 Å². The molecule has 0 aliphatic carbocycles. The summed E-state index contributed by atoms with van der Waals surface area (Å²) >= 11 is 11.9. The van der Waals surface area contributed by atoms with Gasteiger partial charge in [0.2, 0.25) is 0 Å². The van der Waals surface area contributed by atoms with Gasteiger partial charge in [-0.2, -0.15) is 0 Å². The third-order valence-electron chi connectivity index (χ3n) is 2.35. The lowest BCUT2D eigenvalue weighted by molar-refractivity contribution is 0.602. The van der Waals surface area contributed by atoms with Gasteiger partial charge in [-0.3, -0.25) is 4.98 Å². The van der Waals surface area contributed by atoms with Crippen LogP contribution >= 0.6 is 23.2 Å². The highest BCUT2D eigenvalue weighted by Crippen LogP contribution is 2.33. The van der Waals surface area contributed by atoms with Crippen molar-refractivity contribution in [2.75, 3.05) is 6.26 Å². The largest absolute Gasteiger partial charge is 0.253 e. The van der Waals surface area contributed by atoms with Gasteiger partial charge < -0.3 is 0 Å². The van der Waals surface area contributed by atoms with Crippen LogP contribution in [0.3, 0.4) is 0 Å². The van der Waals surface area contributed by atoms with E-state index in [0.29, 0.717) is 16.1 Å². The van der Waals surface area contributed by atoms with Crippen LogP contribution in [-0.4, -0.2) is 19.7 Å². The summed E-state index contributed by atoms with van der Waals surface area (Å²) in [6, 6.07) is 6.18. The van der Waals surface area contributed by atoms with Crippen LogP contribution in [0.4, 0.5) is 0 Å². The smallest absolute Gasteiger partial charge is 0.176 e. The Morgan fingerprint density at radius 2 is 1.89 bits per heavy atom. The lowest BCUT2D eigenvalue weighted by atomic mass is 10.1. The molecule has 0 saturated heterocycles. The number of aromatic nitrogens is 1. The number of nitrogens with zero attached hydrogens (tertiary/aromatic N) is 1. The van der Waals surface area contributed by atoms with Crippen LogP contribution in [-0.2, 0) is 9.84 Å². The Bertz CT molecular complexity index is 699. The van der Waals surface area contributed by atoms with Crippen LogP contribution in [0, 0.1) is 6.20 Å². The van der Waals surface area contributed by atoms with E-state index in [4.69, 9.17) is 23.2 Å². The molecule has 2 rings (SSSR count). The standard InChI is InChI=1S/C12H8Cl2NO2S/c1-18(16,17)12-3-2-8(13)6-10(12)9-4-5-15-7-11(9)14/h2-6H,1H3. The SMILES string of the molecule is CS(=O)(=O)c1ccc(Cl)cc1-c1ccn[c]c1Cl. The van der Waals surface area contributed by atoms with E-state index in [1.165, 1.54) is 18.3 Å². The summed E-state index contributed by atoms with van der Waals surface area (Å²) < 4.78 is 23.5. The molecule has 6 heteroatoms. The van der Waals surface area contributed by atoms with Gasteiger partial charge in [0.25, 0.3) is 0 Å². The number of rotatable bonds is 2. The molecule has 0 saturated carbocycles. The molecule has 0 atom stereocenters. The van der Waals surface area contributed by atoms with E-state index in [2.05, 4.69) is 11.2 Å². The average molecular weight is 301 g/mol. The number of sulfone groups is 1. The van der Waals surface area contributed by atoms with E-state index in [0.717, 1.165) is 6.26 Å². The molecule has 1 aromatic heterocycles. The summed E-state index contributed by atoms with van der Waals surface area (Å²) in [5.41, 5.74) is 0.989. The molecule has 93 valence electrons. The van der Waals surface area contributed by atoms with Crippen LogP contribution < -0.4 is 0 Å². The van der Waals surface area contributed by atoms with E-state index < -0.39 is 9.84 Å². The first-order valence-electron chi connectivity index (χ1n) is 4.92. The number of hydrogen-bond acceptors (Lipinski definition) is 3. The Morgan fingerprint density at radius 3 is 2.50 bits per heavy atom. The van der Waals surface area contributed by atoms with Gasteiger partial charge in [0.15, 0.2) is 9.84 Å². The van der Waals surface area contributed by atoms with Crippen molar-refractivity contribution in [3.63, 3.8) is 0 Å². The predicted octanol–water partition coefficient (Wildman–Crippen LogP) is 3.26. The fourth-order valence-corrected chi connectivity index (χ4v) is 2.85. The van der Waals surface area contributed by atoms with Gasteiger partial charge in [0.05, 0.1) is 9.92 Å². The molecule has 1 radical (unpaired) electrons. The van der Waals surface area contributed by atoms with Gasteiger partial charge in [0, 0.05) is 28.6 Å². The molecular weight excluding hydrogens is 293 g/mol. The van der Waals surface area contributed by atoms with Crippen LogP contribution in [0.5, 0.6) is 0 Å². The zero-order valence-corrected chi connectivity index (χ0v) is 11.6. The third kappa shape index (κ3) is 2.66. The maximum atomic E-state index is 11.7. The van der Waals surface area contributed by atoms with E-state index in [1.54, 1.807) is 12.1 Å². The van der Waals surface area contributed by atoms with E-state index in [1.807, 2.05) is 0 Å². The fourth-order valence-electron chi connectivity index (χ4n) is 1.58. The average Bonchev–Trinajstić information content (AvgIpc) is 2.27. The number of benzene rings is 1. The van der Waals surface area contributed by atoms with Crippen LogP contribution in [0.25, 0.3) is 11.1 Å². The molecule has 0 fully saturated rings. The van der Waals surface area contributed by atoms with Crippen molar-refractivity contribution >= 4 is 33.0 Å². The summed E-state index contributed by atoms with van der Waals surface area (Å²) in [5, 5.41) is 0.690. The first kappa shape index (κ1) is 13.3. The van der Waals surface area contributed by atoms with Gasteiger partial charge in [-0.05, 0) is 24.3 Å². The monoisotopic (exact) mass is 300 g/mol. The molecule has 1 heterocycles. The second kappa shape index (κ2) is 4.88. The lowest BCUT2D eigenvalue weighted by Crippen LogP contribution is -2.00. The molecular formula is C12H8Cl2NO2S. The van der Waals surface area contributed by atoms with Gasteiger partial charge in [-0.1, -0.05) is 23.2 Å². The Hall–Kier alpha value is -1.10. The highest BCUT2D eigenvalue weighted by Gasteiger charge is 2.16. The van der Waals surface area contributed by atoms with Crippen molar-refractivity contribution in [3.8, 4) is 11.1 Å². The number of hydrogen-bond donors (Lipinski definition) is 0. The summed E-state index contributed by atoms with van der Waals surface area (Å²) in [6.07, 6.45) is 5.21. The Balaban J connectivity index is 2.79. The molecule has 18 heavy (non-hydrogen) atoms. The summed E-state index contributed by atoms with van der Waals surface area (Å²) in [6.45, 7) is 0. The highest BCUT2D eigenvalue weighted by molar-refractivity contribution is 7.90. The zero-order valence-electron chi connectivity index (χ0n) is 9.31. The molecule has 3 nitrogen and oxygen atoms in total. The molecule has 0 spiro atoms. The van der Waals surface area contributed by atoms with Gasteiger partial charge >= 0.3 is 0 Å². The van der Waals surface area contributed by atoms with Crippen molar-refractivity contribution in [3.05, 3.63) is 46.7 Å². The first-order valence-corrected chi connectivity index (χ1v) is 7.56. The number of pyridine rings is 1. The minimum absolute atomic E-state index is 0.174. The van der Waals surface area contributed by atoms with Crippen molar-refractivity contribution < 1.29 is 8.42 Å². The lowest BCUT2D eigenvalue weighted by Gasteiger charge is -2.09. The minimum atomic E-state index is -3.37. The molecule has 2 aromatic rings. The first-order chi connectivity index (χ1) is 8.39. The summed E-state index contributed by atoms with van der Waals surface area (Å²) in [7, 11) is -3.37. The van der Waals surface area contributed by atoms with Crippen LogP contribution in [0.2, 0.25) is 10.0 Å². The summed E-state index contributed by atoms with van der Waals surface area (Å²) in [4.78, 5) is 3.92. The van der Waals surface area contributed by atoms with Gasteiger partial charge in [-0.25, -0.2) is 8.42 Å². The van der Waals surface area contributed by atoms with E-state index in [9.17, 15) is 8.42 Å². The Labute approximate surface area is 115 Å². The highest BCUT2D eigenvalue weighted by atomic mass is 35.5. The third-order valence-corrected chi connectivity index (χ3v) is 4.02. The van der Waals surface area contributed by atoms with Crippen molar-refractivity contribution in [2.24, 2.45) is 0 Å². The van der Waals surface area contributed by atoms with E-state index >= 15 is 0 Å². The summed E-state index contributed by atoms with van der Waals surface area (Å²) in [5.74, 6) is 0. The predicted molar refractivity (Wildman–Crippen MR) is 71.6 cm³/mol. The van der Waals surface area contributed by atoms with Gasteiger partial charge in [-0.15, -0.1) is 0 Å². The quantitative estimate of drug-likeness (QED) is 0.855. The van der Waals surface area contributed by atoms with Gasteiger partial charge in [0.1, 0.15) is 6.20 Å². The molecule has 0 N–H and O–H groups in total. The second-order valence-electron chi connectivity index (χ2n) is 3.70. The second-order valence-corrected chi connectivity index (χ2v) is 6.50. The Kier molecular flexibility index (Phi) is 3.61. The number of halogens is 2. The Morgan fingerprint density at radius 1 is 1.17 bits per heavy atom. The minimum Gasteiger partial charge on any atom is -0.253 e. The zero-order chi connectivity index (χ0) is 13.3. The maximum Gasteiger partial charge on any atom is 0.176 e. The van der Waals surface area contributed by atoms with Crippen LogP contribution in [0.15, 0.2) is 35.4 Å². The fraction of sp³-hybridized carbons (Fsp3) is 0.0833. The molecule has 0 aliphatic heterocycles. The van der Waals surface area contributed by atoms with Crippen molar-refractivity contribution in [1.82, 2.24) is 4.98 Å². The molecule has 1 aromatic carbocycles. The molecule has 0 aliphatic rings. The molecule has 0 bridgehead atoms. The normalized spacial score (nSPS) is 11.5.